The minimum Gasteiger partial charge on any atom is -0.396 e. The van der Waals surface area contributed by atoms with Crippen LogP contribution in [0.1, 0.15) is 52.1 Å². The van der Waals surface area contributed by atoms with Gasteiger partial charge in [-0.05, 0) is 30.9 Å². The van der Waals surface area contributed by atoms with E-state index in [-0.39, 0.29) is 5.41 Å². The summed E-state index contributed by atoms with van der Waals surface area (Å²) in [4.78, 5) is 4.44. The van der Waals surface area contributed by atoms with Gasteiger partial charge < -0.3 is 11.1 Å². The molecule has 0 saturated carbocycles. The Morgan fingerprint density at radius 2 is 2.00 bits per heavy atom. The van der Waals surface area contributed by atoms with Crippen molar-refractivity contribution in [3.8, 4) is 0 Å². The molecule has 3 heteroatoms. The Hall–Kier alpha value is -1.25. The van der Waals surface area contributed by atoms with E-state index in [9.17, 15) is 0 Å². The summed E-state index contributed by atoms with van der Waals surface area (Å²) in [5.74, 6) is 0.818. The molecule has 0 amide bonds. The highest BCUT2D eigenvalue weighted by molar-refractivity contribution is 5.61. The number of hydrogen-bond acceptors (Lipinski definition) is 3. The molecular weight excluding hydrogens is 222 g/mol. The molecule has 1 heterocycles. The van der Waals surface area contributed by atoms with E-state index in [0.717, 1.165) is 23.7 Å². The predicted octanol–water partition coefficient (Wildman–Crippen LogP) is 3.99. The van der Waals surface area contributed by atoms with Gasteiger partial charge in [-0.2, -0.15) is 0 Å². The Bertz CT molecular complexity index is 372. The number of nitrogen functional groups attached to an aromatic ring is 1. The highest BCUT2D eigenvalue weighted by Gasteiger charge is 2.17. The van der Waals surface area contributed by atoms with Crippen molar-refractivity contribution in [2.24, 2.45) is 5.41 Å². The maximum absolute atomic E-state index is 5.92. The quantitative estimate of drug-likeness (QED) is 0.718. The van der Waals surface area contributed by atoms with E-state index in [2.05, 4.69) is 31.1 Å². The smallest absolute Gasteiger partial charge is 0.149 e. The van der Waals surface area contributed by atoms with Crippen LogP contribution in [0.4, 0.5) is 11.5 Å². The van der Waals surface area contributed by atoms with E-state index in [1.807, 2.05) is 19.1 Å². The van der Waals surface area contributed by atoms with Crippen molar-refractivity contribution >= 4 is 11.5 Å². The normalized spacial score (nSPS) is 11.6. The van der Waals surface area contributed by atoms with Crippen LogP contribution >= 0.6 is 0 Å². The Balaban J connectivity index is 2.50. The Morgan fingerprint density at radius 3 is 2.67 bits per heavy atom. The summed E-state index contributed by atoms with van der Waals surface area (Å²) >= 11 is 0. The lowest BCUT2D eigenvalue weighted by Crippen LogP contribution is -2.24. The molecule has 1 aromatic heterocycles. The topological polar surface area (TPSA) is 50.9 Å². The van der Waals surface area contributed by atoms with E-state index in [1.54, 1.807) is 0 Å². The molecule has 0 atom stereocenters. The Kier molecular flexibility index (Phi) is 5.45. The zero-order valence-electron chi connectivity index (χ0n) is 12.2. The van der Waals surface area contributed by atoms with Gasteiger partial charge in [0.15, 0.2) is 0 Å². The molecule has 3 N–H and O–H groups in total. The lowest BCUT2D eigenvalue weighted by Gasteiger charge is -2.25. The van der Waals surface area contributed by atoms with Crippen LogP contribution in [0.3, 0.4) is 0 Å². The van der Waals surface area contributed by atoms with Gasteiger partial charge in [0.25, 0.3) is 0 Å². The van der Waals surface area contributed by atoms with Gasteiger partial charge in [-0.3, -0.25) is 0 Å². The second kappa shape index (κ2) is 6.62. The van der Waals surface area contributed by atoms with E-state index < -0.39 is 0 Å². The average Bonchev–Trinajstić information content (AvgIpc) is 2.31. The molecule has 18 heavy (non-hydrogen) atoms. The fourth-order valence-electron chi connectivity index (χ4n) is 1.97. The van der Waals surface area contributed by atoms with E-state index in [4.69, 9.17) is 5.73 Å². The number of rotatable bonds is 7. The first-order chi connectivity index (χ1) is 8.44. The second-order valence-corrected chi connectivity index (χ2v) is 5.87. The average molecular weight is 249 g/mol. The number of anilines is 2. The summed E-state index contributed by atoms with van der Waals surface area (Å²) in [6.07, 6.45) is 5.12. The van der Waals surface area contributed by atoms with Crippen LogP contribution < -0.4 is 11.1 Å². The molecule has 0 radical (unpaired) electrons. The van der Waals surface area contributed by atoms with E-state index in [0.29, 0.717) is 0 Å². The molecule has 1 aromatic rings. The third-order valence-electron chi connectivity index (χ3n) is 3.26. The summed E-state index contributed by atoms with van der Waals surface area (Å²) < 4.78 is 0. The van der Waals surface area contributed by atoms with E-state index in [1.165, 1.54) is 25.7 Å². The van der Waals surface area contributed by atoms with Crippen molar-refractivity contribution in [2.75, 3.05) is 17.6 Å². The van der Waals surface area contributed by atoms with Crippen molar-refractivity contribution in [1.82, 2.24) is 4.98 Å². The lowest BCUT2D eigenvalue weighted by molar-refractivity contribution is 0.342. The standard InChI is InChI=1S/C15H27N3/c1-5-6-7-10-15(3,4)11-17-14-13(16)9-8-12(2)18-14/h8-9H,5-7,10-11,16H2,1-4H3,(H,17,18). The number of aryl methyl sites for hydroxylation is 1. The second-order valence-electron chi connectivity index (χ2n) is 5.87. The largest absolute Gasteiger partial charge is 0.396 e. The molecule has 0 aliphatic rings. The summed E-state index contributed by atoms with van der Waals surface area (Å²) in [6, 6.07) is 3.85. The fraction of sp³-hybridized carbons (Fsp3) is 0.667. The maximum Gasteiger partial charge on any atom is 0.149 e. The van der Waals surface area contributed by atoms with Crippen LogP contribution in [0.5, 0.6) is 0 Å². The highest BCUT2D eigenvalue weighted by Crippen LogP contribution is 2.25. The van der Waals surface area contributed by atoms with Crippen LogP contribution in [0.15, 0.2) is 12.1 Å². The summed E-state index contributed by atoms with van der Waals surface area (Å²) in [5.41, 5.74) is 7.92. The molecule has 0 unspecified atom stereocenters. The molecule has 3 nitrogen and oxygen atoms in total. The van der Waals surface area contributed by atoms with Crippen molar-refractivity contribution in [2.45, 2.75) is 53.4 Å². The summed E-state index contributed by atoms with van der Waals surface area (Å²) in [7, 11) is 0. The van der Waals surface area contributed by atoms with Gasteiger partial charge in [-0.25, -0.2) is 4.98 Å². The number of unbranched alkanes of at least 4 members (excludes halogenated alkanes) is 2. The third-order valence-corrected chi connectivity index (χ3v) is 3.26. The number of nitrogens with zero attached hydrogens (tertiary/aromatic N) is 1. The Morgan fingerprint density at radius 1 is 1.28 bits per heavy atom. The first-order valence-corrected chi connectivity index (χ1v) is 6.91. The maximum atomic E-state index is 5.92. The molecule has 0 aromatic carbocycles. The minimum atomic E-state index is 0.285. The van der Waals surface area contributed by atoms with Gasteiger partial charge >= 0.3 is 0 Å². The van der Waals surface area contributed by atoms with Crippen LogP contribution in [-0.4, -0.2) is 11.5 Å². The van der Waals surface area contributed by atoms with E-state index >= 15 is 0 Å². The molecule has 102 valence electrons. The zero-order chi connectivity index (χ0) is 13.6. The molecule has 1 rings (SSSR count). The van der Waals surface area contributed by atoms with Crippen LogP contribution in [-0.2, 0) is 0 Å². The van der Waals surface area contributed by atoms with Gasteiger partial charge in [-0.15, -0.1) is 0 Å². The summed E-state index contributed by atoms with van der Waals surface area (Å²) in [6.45, 7) is 9.72. The van der Waals surface area contributed by atoms with Gasteiger partial charge in [0.1, 0.15) is 5.82 Å². The minimum absolute atomic E-state index is 0.285. The van der Waals surface area contributed by atoms with Crippen molar-refractivity contribution in [3.63, 3.8) is 0 Å². The predicted molar refractivity (Wildman–Crippen MR) is 79.8 cm³/mol. The summed E-state index contributed by atoms with van der Waals surface area (Å²) in [5, 5.41) is 3.38. The molecular formula is C15H27N3. The van der Waals surface area contributed by atoms with Crippen molar-refractivity contribution in [3.05, 3.63) is 17.8 Å². The first-order valence-electron chi connectivity index (χ1n) is 6.91. The van der Waals surface area contributed by atoms with Crippen molar-refractivity contribution < 1.29 is 0 Å². The van der Waals surface area contributed by atoms with Crippen LogP contribution in [0.25, 0.3) is 0 Å². The third kappa shape index (κ3) is 4.94. The van der Waals surface area contributed by atoms with Gasteiger partial charge in [0.05, 0.1) is 5.69 Å². The van der Waals surface area contributed by atoms with Gasteiger partial charge in [0.2, 0.25) is 0 Å². The monoisotopic (exact) mass is 249 g/mol. The number of aromatic nitrogens is 1. The molecule has 0 aliphatic carbocycles. The lowest BCUT2D eigenvalue weighted by atomic mass is 9.87. The molecule has 0 saturated heterocycles. The molecule has 0 spiro atoms. The van der Waals surface area contributed by atoms with Crippen LogP contribution in [0.2, 0.25) is 0 Å². The first kappa shape index (κ1) is 14.8. The van der Waals surface area contributed by atoms with Gasteiger partial charge in [-0.1, -0.05) is 40.0 Å². The molecule has 0 aliphatic heterocycles. The SMILES string of the molecule is CCCCCC(C)(C)CNc1nc(C)ccc1N. The zero-order valence-corrected chi connectivity index (χ0v) is 12.2. The number of nitrogens with one attached hydrogen (secondary N) is 1. The molecule has 0 bridgehead atoms. The van der Waals surface area contributed by atoms with Crippen LogP contribution in [0, 0.1) is 12.3 Å². The molecule has 0 fully saturated rings. The van der Waals surface area contributed by atoms with Crippen molar-refractivity contribution in [1.29, 1.82) is 0 Å². The Labute approximate surface area is 111 Å². The number of pyridine rings is 1. The fourth-order valence-corrected chi connectivity index (χ4v) is 1.97. The van der Waals surface area contributed by atoms with Gasteiger partial charge in [0, 0.05) is 12.2 Å². The number of hydrogen-bond donors (Lipinski definition) is 2. The number of nitrogens with two attached hydrogens (primary N) is 1. The highest BCUT2D eigenvalue weighted by atomic mass is 15.0.